The maximum Gasteiger partial charge on any atom is 0.185 e. The van der Waals surface area contributed by atoms with E-state index in [0.29, 0.717) is 22.8 Å². The second-order valence-corrected chi connectivity index (χ2v) is 4.55. The average Bonchev–Trinajstić information content (AvgIpc) is 2.88. The summed E-state index contributed by atoms with van der Waals surface area (Å²) in [7, 11) is 0. The van der Waals surface area contributed by atoms with Gasteiger partial charge in [-0.2, -0.15) is 5.10 Å². The molecule has 1 heterocycles. The van der Waals surface area contributed by atoms with Crippen LogP contribution < -0.4 is 0 Å². The number of nitrogens with one attached hydrogen (secondary N) is 1. The lowest BCUT2D eigenvalue weighted by Crippen LogP contribution is -1.84. The summed E-state index contributed by atoms with van der Waals surface area (Å²) in [5.41, 5.74) is 2.08. The zero-order valence-electron chi connectivity index (χ0n) is 10.8. The number of aryl methyl sites for hydroxylation is 1. The smallest absolute Gasteiger partial charge is 0.185 e. The first-order chi connectivity index (χ1) is 9.65. The maximum absolute atomic E-state index is 9.94. The highest BCUT2D eigenvalue weighted by Gasteiger charge is 2.13. The minimum atomic E-state index is 0.117. The largest absolute Gasteiger partial charge is 0.507 e. The van der Waals surface area contributed by atoms with Gasteiger partial charge in [0.05, 0.1) is 11.1 Å². The molecular formula is C15H13N3O2. The van der Waals surface area contributed by atoms with Crippen LogP contribution in [0.5, 0.6) is 11.5 Å². The molecule has 0 unspecified atom stereocenters. The van der Waals surface area contributed by atoms with Crippen molar-refractivity contribution in [3.63, 3.8) is 0 Å². The minimum absolute atomic E-state index is 0.117. The Kier molecular flexibility index (Phi) is 2.87. The summed E-state index contributed by atoms with van der Waals surface area (Å²) in [5.74, 6) is 1.11. The number of hydrogen-bond acceptors (Lipinski definition) is 4. The SMILES string of the molecule is Cc1ccc(-c2nc(-c3ccccc3O)n[nH]2)c(O)c1. The highest BCUT2D eigenvalue weighted by molar-refractivity contribution is 5.69. The molecule has 1 aromatic heterocycles. The lowest BCUT2D eigenvalue weighted by molar-refractivity contribution is 0.476. The molecule has 0 fully saturated rings. The number of nitrogens with zero attached hydrogens (tertiary/aromatic N) is 2. The molecule has 0 saturated heterocycles. The van der Waals surface area contributed by atoms with E-state index in [4.69, 9.17) is 0 Å². The molecule has 0 amide bonds. The van der Waals surface area contributed by atoms with Crippen molar-refractivity contribution >= 4 is 0 Å². The van der Waals surface area contributed by atoms with Gasteiger partial charge in [-0.05, 0) is 36.8 Å². The number of hydrogen-bond donors (Lipinski definition) is 3. The van der Waals surface area contributed by atoms with Crippen molar-refractivity contribution in [1.82, 2.24) is 15.2 Å². The van der Waals surface area contributed by atoms with Crippen molar-refractivity contribution in [3.05, 3.63) is 48.0 Å². The second kappa shape index (κ2) is 4.70. The van der Waals surface area contributed by atoms with Crippen molar-refractivity contribution in [1.29, 1.82) is 0 Å². The second-order valence-electron chi connectivity index (χ2n) is 4.55. The van der Waals surface area contributed by atoms with E-state index in [1.54, 1.807) is 36.4 Å². The molecule has 0 atom stereocenters. The van der Waals surface area contributed by atoms with E-state index in [9.17, 15) is 10.2 Å². The van der Waals surface area contributed by atoms with Crippen LogP contribution in [-0.4, -0.2) is 25.4 Å². The van der Waals surface area contributed by atoms with Crippen LogP contribution in [0.3, 0.4) is 0 Å². The zero-order valence-corrected chi connectivity index (χ0v) is 10.8. The Morgan fingerprint density at radius 2 is 1.75 bits per heavy atom. The summed E-state index contributed by atoms with van der Waals surface area (Å²) in [4.78, 5) is 4.32. The molecule has 5 heteroatoms. The zero-order chi connectivity index (χ0) is 14.1. The van der Waals surface area contributed by atoms with Gasteiger partial charge < -0.3 is 10.2 Å². The molecule has 20 heavy (non-hydrogen) atoms. The number of aromatic hydroxyl groups is 2. The number of phenolic OH excluding ortho intramolecular Hbond substituents is 2. The van der Waals surface area contributed by atoms with E-state index in [0.717, 1.165) is 5.56 Å². The summed E-state index contributed by atoms with van der Waals surface area (Å²) < 4.78 is 0. The molecule has 100 valence electrons. The molecule has 0 bridgehead atoms. The highest BCUT2D eigenvalue weighted by atomic mass is 16.3. The first-order valence-corrected chi connectivity index (χ1v) is 6.16. The third kappa shape index (κ3) is 2.09. The highest BCUT2D eigenvalue weighted by Crippen LogP contribution is 2.30. The van der Waals surface area contributed by atoms with Crippen LogP contribution in [0.25, 0.3) is 22.8 Å². The van der Waals surface area contributed by atoms with Crippen LogP contribution in [0.4, 0.5) is 0 Å². The Bertz CT molecular complexity index is 765. The number of H-pyrrole nitrogens is 1. The van der Waals surface area contributed by atoms with Gasteiger partial charge in [-0.1, -0.05) is 18.2 Å². The number of rotatable bonds is 2. The summed E-state index contributed by atoms with van der Waals surface area (Å²) in [6, 6.07) is 12.2. The fourth-order valence-electron chi connectivity index (χ4n) is 2.01. The average molecular weight is 267 g/mol. The van der Waals surface area contributed by atoms with Gasteiger partial charge in [-0.3, -0.25) is 5.10 Å². The van der Waals surface area contributed by atoms with Gasteiger partial charge in [0.1, 0.15) is 11.5 Å². The molecule has 0 aliphatic carbocycles. The molecule has 0 aliphatic rings. The topological polar surface area (TPSA) is 82.0 Å². The Labute approximate surface area is 115 Å². The van der Waals surface area contributed by atoms with Gasteiger partial charge in [0, 0.05) is 0 Å². The van der Waals surface area contributed by atoms with Crippen molar-refractivity contribution in [2.24, 2.45) is 0 Å². The van der Waals surface area contributed by atoms with Crippen molar-refractivity contribution in [2.45, 2.75) is 6.92 Å². The standard InChI is InChI=1S/C15H13N3O2/c1-9-6-7-11(13(20)8-9)15-16-14(17-18-15)10-4-2-3-5-12(10)19/h2-8,19-20H,1H3,(H,16,17,18). The van der Waals surface area contributed by atoms with E-state index in [-0.39, 0.29) is 11.5 Å². The number of para-hydroxylation sites is 1. The van der Waals surface area contributed by atoms with Crippen LogP contribution in [0.1, 0.15) is 5.56 Å². The lowest BCUT2D eigenvalue weighted by atomic mass is 10.1. The summed E-state index contributed by atoms with van der Waals surface area (Å²) in [6.07, 6.45) is 0. The van der Waals surface area contributed by atoms with Crippen molar-refractivity contribution in [2.75, 3.05) is 0 Å². The fourth-order valence-corrected chi connectivity index (χ4v) is 2.01. The summed E-state index contributed by atoms with van der Waals surface area (Å²) in [5, 5.41) is 26.6. The van der Waals surface area contributed by atoms with Gasteiger partial charge in [-0.15, -0.1) is 0 Å². The molecule has 3 rings (SSSR count). The lowest BCUT2D eigenvalue weighted by Gasteiger charge is -2.01. The molecule has 0 spiro atoms. The van der Waals surface area contributed by atoms with E-state index >= 15 is 0 Å². The predicted molar refractivity (Wildman–Crippen MR) is 75.3 cm³/mol. The molecule has 5 nitrogen and oxygen atoms in total. The van der Waals surface area contributed by atoms with Crippen molar-refractivity contribution < 1.29 is 10.2 Å². The van der Waals surface area contributed by atoms with Crippen LogP contribution in [-0.2, 0) is 0 Å². The Hall–Kier alpha value is -2.82. The van der Waals surface area contributed by atoms with Crippen LogP contribution in [0, 0.1) is 6.92 Å². The Morgan fingerprint density at radius 1 is 0.950 bits per heavy atom. The third-order valence-corrected chi connectivity index (χ3v) is 3.04. The molecule has 2 aromatic carbocycles. The van der Waals surface area contributed by atoms with Crippen molar-refractivity contribution in [3.8, 4) is 34.3 Å². The van der Waals surface area contributed by atoms with E-state index in [1.807, 2.05) is 13.0 Å². The minimum Gasteiger partial charge on any atom is -0.507 e. The molecule has 3 aromatic rings. The molecular weight excluding hydrogens is 254 g/mol. The van der Waals surface area contributed by atoms with E-state index < -0.39 is 0 Å². The first-order valence-electron chi connectivity index (χ1n) is 6.16. The van der Waals surface area contributed by atoms with Gasteiger partial charge in [0.15, 0.2) is 11.6 Å². The van der Waals surface area contributed by atoms with E-state index in [2.05, 4.69) is 15.2 Å². The number of aromatic nitrogens is 3. The Morgan fingerprint density at radius 3 is 2.50 bits per heavy atom. The predicted octanol–water partition coefficient (Wildman–Crippen LogP) is 2.86. The molecule has 0 radical (unpaired) electrons. The van der Waals surface area contributed by atoms with Gasteiger partial charge in [-0.25, -0.2) is 4.98 Å². The van der Waals surface area contributed by atoms with Crippen LogP contribution in [0.15, 0.2) is 42.5 Å². The van der Waals surface area contributed by atoms with Gasteiger partial charge in [0.2, 0.25) is 0 Å². The fraction of sp³-hybridized carbons (Fsp3) is 0.0667. The van der Waals surface area contributed by atoms with Gasteiger partial charge in [0.25, 0.3) is 0 Å². The number of phenols is 2. The Balaban J connectivity index is 2.04. The number of benzene rings is 2. The van der Waals surface area contributed by atoms with Crippen LogP contribution >= 0.6 is 0 Å². The summed E-state index contributed by atoms with van der Waals surface area (Å²) >= 11 is 0. The first kappa shape index (κ1) is 12.2. The normalized spacial score (nSPS) is 10.7. The number of aromatic amines is 1. The quantitative estimate of drug-likeness (QED) is 0.666. The molecule has 3 N–H and O–H groups in total. The molecule has 0 saturated carbocycles. The molecule has 0 aliphatic heterocycles. The maximum atomic E-state index is 9.94. The van der Waals surface area contributed by atoms with Gasteiger partial charge >= 0.3 is 0 Å². The van der Waals surface area contributed by atoms with E-state index in [1.165, 1.54) is 0 Å². The van der Waals surface area contributed by atoms with Crippen LogP contribution in [0.2, 0.25) is 0 Å². The monoisotopic (exact) mass is 267 g/mol. The third-order valence-electron chi connectivity index (χ3n) is 3.04. The summed E-state index contributed by atoms with van der Waals surface area (Å²) in [6.45, 7) is 1.90.